The molecule has 0 radical (unpaired) electrons. The standard InChI is InChI=1S/C14H18BrFN2OS/c1-9-7-10(15)8-12(13(9)16)14(19)17-18-20-11-5-3-2-4-6-11/h7-8,11,18H,2-6H2,1H3,(H,17,19). The highest BCUT2D eigenvalue weighted by Gasteiger charge is 2.17. The van der Waals surface area contributed by atoms with Crippen LogP contribution in [-0.2, 0) is 0 Å². The molecule has 1 fully saturated rings. The van der Waals surface area contributed by atoms with Crippen LogP contribution in [0.5, 0.6) is 0 Å². The van der Waals surface area contributed by atoms with Crippen LogP contribution >= 0.6 is 27.9 Å². The Hall–Kier alpha value is -0.590. The smallest absolute Gasteiger partial charge is 0.269 e. The molecule has 0 unspecified atom stereocenters. The molecule has 2 rings (SSSR count). The van der Waals surface area contributed by atoms with Gasteiger partial charge in [0, 0.05) is 9.72 Å². The predicted octanol–water partition coefficient (Wildman–Crippen LogP) is 4.11. The summed E-state index contributed by atoms with van der Waals surface area (Å²) in [5.41, 5.74) is 3.05. The molecular formula is C14H18BrFN2OS. The molecule has 110 valence electrons. The van der Waals surface area contributed by atoms with Gasteiger partial charge >= 0.3 is 0 Å². The molecule has 0 bridgehead atoms. The molecule has 0 aliphatic heterocycles. The lowest BCUT2D eigenvalue weighted by atomic mass is 10.0. The Morgan fingerprint density at radius 3 is 2.75 bits per heavy atom. The van der Waals surface area contributed by atoms with Crippen LogP contribution in [0.3, 0.4) is 0 Å². The molecular weight excluding hydrogens is 343 g/mol. The van der Waals surface area contributed by atoms with E-state index in [0.29, 0.717) is 15.3 Å². The predicted molar refractivity (Wildman–Crippen MR) is 83.9 cm³/mol. The Kier molecular flexibility index (Phi) is 5.86. The Morgan fingerprint density at radius 2 is 2.05 bits per heavy atom. The van der Waals surface area contributed by atoms with E-state index < -0.39 is 11.7 Å². The van der Waals surface area contributed by atoms with E-state index in [9.17, 15) is 9.18 Å². The maximum absolute atomic E-state index is 13.9. The summed E-state index contributed by atoms with van der Waals surface area (Å²) in [6.07, 6.45) is 6.11. The van der Waals surface area contributed by atoms with Crippen molar-refractivity contribution in [3.63, 3.8) is 0 Å². The van der Waals surface area contributed by atoms with E-state index >= 15 is 0 Å². The van der Waals surface area contributed by atoms with Gasteiger partial charge in [-0.25, -0.2) is 4.39 Å². The van der Waals surface area contributed by atoms with Crippen molar-refractivity contribution < 1.29 is 9.18 Å². The monoisotopic (exact) mass is 360 g/mol. The van der Waals surface area contributed by atoms with Gasteiger partial charge in [0.25, 0.3) is 5.91 Å². The molecule has 0 saturated heterocycles. The molecule has 1 amide bonds. The van der Waals surface area contributed by atoms with E-state index in [0.717, 1.165) is 12.8 Å². The Labute approximate surface area is 131 Å². The first-order chi connectivity index (χ1) is 9.58. The maximum atomic E-state index is 13.9. The fraction of sp³-hybridized carbons (Fsp3) is 0.500. The minimum Gasteiger partial charge on any atom is -0.277 e. The third-order valence-corrected chi connectivity index (χ3v) is 4.89. The van der Waals surface area contributed by atoms with Gasteiger partial charge in [-0.1, -0.05) is 47.1 Å². The first kappa shape index (κ1) is 15.8. The minimum atomic E-state index is -0.477. The first-order valence-electron chi connectivity index (χ1n) is 6.74. The van der Waals surface area contributed by atoms with E-state index in [1.165, 1.54) is 37.3 Å². The van der Waals surface area contributed by atoms with E-state index in [-0.39, 0.29) is 5.56 Å². The summed E-state index contributed by atoms with van der Waals surface area (Å²) >= 11 is 4.79. The average Bonchev–Trinajstić information content (AvgIpc) is 2.44. The fourth-order valence-electron chi connectivity index (χ4n) is 2.30. The summed E-state index contributed by atoms with van der Waals surface area (Å²) in [7, 11) is 0. The lowest BCUT2D eigenvalue weighted by molar-refractivity contribution is 0.0942. The van der Waals surface area contributed by atoms with Crippen molar-refractivity contribution in [2.24, 2.45) is 0 Å². The van der Waals surface area contributed by atoms with Crippen molar-refractivity contribution in [2.75, 3.05) is 0 Å². The van der Waals surface area contributed by atoms with Gasteiger partial charge < -0.3 is 0 Å². The topological polar surface area (TPSA) is 41.1 Å². The van der Waals surface area contributed by atoms with Crippen molar-refractivity contribution in [1.29, 1.82) is 0 Å². The number of amides is 1. The molecule has 1 aromatic carbocycles. The van der Waals surface area contributed by atoms with Crippen LogP contribution in [0, 0.1) is 12.7 Å². The van der Waals surface area contributed by atoms with Crippen molar-refractivity contribution in [1.82, 2.24) is 10.3 Å². The summed E-state index contributed by atoms with van der Waals surface area (Å²) in [5.74, 6) is -0.926. The highest BCUT2D eigenvalue weighted by Crippen LogP contribution is 2.26. The zero-order valence-electron chi connectivity index (χ0n) is 11.3. The van der Waals surface area contributed by atoms with Crippen LogP contribution in [0.15, 0.2) is 16.6 Å². The quantitative estimate of drug-likeness (QED) is 0.626. The third-order valence-electron chi connectivity index (χ3n) is 3.41. The van der Waals surface area contributed by atoms with Crippen LogP contribution < -0.4 is 10.3 Å². The van der Waals surface area contributed by atoms with Gasteiger partial charge in [-0.3, -0.25) is 10.2 Å². The van der Waals surface area contributed by atoms with E-state index in [1.807, 2.05) is 0 Å². The molecule has 0 aromatic heterocycles. The van der Waals surface area contributed by atoms with E-state index in [4.69, 9.17) is 0 Å². The molecule has 1 aliphatic carbocycles. The van der Waals surface area contributed by atoms with Crippen molar-refractivity contribution >= 4 is 33.8 Å². The number of nitrogens with one attached hydrogen (secondary N) is 2. The van der Waals surface area contributed by atoms with Gasteiger partial charge in [-0.2, -0.15) is 4.83 Å². The van der Waals surface area contributed by atoms with Crippen LogP contribution in [-0.4, -0.2) is 11.2 Å². The van der Waals surface area contributed by atoms with Crippen molar-refractivity contribution in [3.05, 3.63) is 33.5 Å². The van der Waals surface area contributed by atoms with Crippen LogP contribution in [0.25, 0.3) is 0 Å². The van der Waals surface area contributed by atoms with Crippen molar-refractivity contribution in [2.45, 2.75) is 44.3 Å². The molecule has 0 atom stereocenters. The number of hydrogen-bond donors (Lipinski definition) is 2. The summed E-state index contributed by atoms with van der Waals surface area (Å²) in [6.45, 7) is 1.64. The lowest BCUT2D eigenvalue weighted by Gasteiger charge is -2.21. The zero-order chi connectivity index (χ0) is 14.5. The molecule has 2 N–H and O–H groups in total. The zero-order valence-corrected chi connectivity index (χ0v) is 13.7. The van der Waals surface area contributed by atoms with Crippen LogP contribution in [0.4, 0.5) is 4.39 Å². The van der Waals surface area contributed by atoms with Gasteiger partial charge in [0.1, 0.15) is 5.82 Å². The van der Waals surface area contributed by atoms with Gasteiger partial charge in [0.15, 0.2) is 0 Å². The van der Waals surface area contributed by atoms with Gasteiger partial charge in [0.05, 0.1) is 5.56 Å². The lowest BCUT2D eigenvalue weighted by Crippen LogP contribution is -2.35. The SMILES string of the molecule is Cc1cc(Br)cc(C(=O)NNSC2CCCCC2)c1F. The minimum absolute atomic E-state index is 0.0496. The molecule has 1 aromatic rings. The summed E-state index contributed by atoms with van der Waals surface area (Å²) < 4.78 is 14.6. The number of carbonyl (C=O) groups is 1. The second-order valence-corrected chi connectivity index (χ2v) is 7.04. The molecule has 20 heavy (non-hydrogen) atoms. The summed E-state index contributed by atoms with van der Waals surface area (Å²) in [4.78, 5) is 14.8. The van der Waals surface area contributed by atoms with Crippen LogP contribution in [0.2, 0.25) is 0 Å². The second kappa shape index (κ2) is 7.43. The first-order valence-corrected chi connectivity index (χ1v) is 8.42. The molecule has 6 heteroatoms. The second-order valence-electron chi connectivity index (χ2n) is 5.02. The Bertz CT molecular complexity index is 492. The molecule has 1 aliphatic rings. The third kappa shape index (κ3) is 4.20. The highest BCUT2D eigenvalue weighted by molar-refractivity contribution is 9.10. The average molecular weight is 361 g/mol. The number of carbonyl (C=O) groups excluding carboxylic acids is 1. The fourth-order valence-corrected chi connectivity index (χ4v) is 3.76. The normalized spacial score (nSPS) is 16.1. The van der Waals surface area contributed by atoms with Crippen LogP contribution in [0.1, 0.15) is 48.0 Å². The molecule has 0 spiro atoms. The number of hydrogen-bond acceptors (Lipinski definition) is 3. The Morgan fingerprint density at radius 1 is 1.35 bits per heavy atom. The number of halogens is 2. The molecule has 1 saturated carbocycles. The summed E-state index contributed by atoms with van der Waals surface area (Å²) in [6, 6.07) is 3.14. The number of hydrazine groups is 1. The Balaban J connectivity index is 1.88. The summed E-state index contributed by atoms with van der Waals surface area (Å²) in [5, 5.41) is 0.526. The largest absolute Gasteiger partial charge is 0.277 e. The van der Waals surface area contributed by atoms with Crippen molar-refractivity contribution in [3.8, 4) is 0 Å². The number of aryl methyl sites for hydroxylation is 1. The number of rotatable bonds is 4. The molecule has 0 heterocycles. The molecule has 3 nitrogen and oxygen atoms in total. The number of benzene rings is 1. The van der Waals surface area contributed by atoms with Gasteiger partial charge in [0.2, 0.25) is 0 Å². The highest BCUT2D eigenvalue weighted by atomic mass is 79.9. The van der Waals surface area contributed by atoms with E-state index in [1.54, 1.807) is 13.0 Å². The maximum Gasteiger partial charge on any atom is 0.269 e. The van der Waals surface area contributed by atoms with E-state index in [2.05, 4.69) is 26.2 Å². The van der Waals surface area contributed by atoms with Gasteiger partial charge in [-0.15, -0.1) is 0 Å². The van der Waals surface area contributed by atoms with Gasteiger partial charge in [-0.05, 0) is 37.5 Å².